The van der Waals surface area contributed by atoms with Gasteiger partial charge in [0.25, 0.3) is 0 Å². The van der Waals surface area contributed by atoms with Gasteiger partial charge in [-0.2, -0.15) is 5.10 Å². The largest absolute Gasteiger partial charge is 0.479 e. The topological polar surface area (TPSA) is 84.2 Å². The number of carboxylic acids is 1. The van der Waals surface area contributed by atoms with E-state index in [9.17, 15) is 9.59 Å². The molecule has 19 heavy (non-hydrogen) atoms. The predicted molar refractivity (Wildman–Crippen MR) is 69.8 cm³/mol. The van der Waals surface area contributed by atoms with E-state index in [2.05, 4.69) is 10.4 Å². The molecular formula is C13H19N3O3. The Morgan fingerprint density at radius 3 is 2.63 bits per heavy atom. The van der Waals surface area contributed by atoms with Crippen molar-refractivity contribution in [2.24, 2.45) is 5.92 Å². The average Bonchev–Trinajstić information content (AvgIpc) is 2.99. The lowest BCUT2D eigenvalue weighted by atomic mass is 10.1. The molecule has 0 unspecified atom stereocenters. The summed E-state index contributed by atoms with van der Waals surface area (Å²) in [4.78, 5) is 23.1. The molecule has 0 atom stereocenters. The molecule has 2 rings (SSSR count). The van der Waals surface area contributed by atoms with Gasteiger partial charge >= 0.3 is 5.97 Å². The van der Waals surface area contributed by atoms with Crippen molar-refractivity contribution in [3.05, 3.63) is 12.4 Å². The second kappa shape index (κ2) is 5.03. The van der Waals surface area contributed by atoms with Crippen LogP contribution < -0.4 is 5.32 Å². The lowest BCUT2D eigenvalue weighted by molar-refractivity contribution is -0.146. The number of nitrogens with one attached hydrogen (secondary N) is 1. The summed E-state index contributed by atoms with van der Waals surface area (Å²) in [5, 5.41) is 15.9. The van der Waals surface area contributed by atoms with Crippen LogP contribution in [0, 0.1) is 5.92 Å². The monoisotopic (exact) mass is 265 g/mol. The molecule has 0 radical (unpaired) electrons. The summed E-state index contributed by atoms with van der Waals surface area (Å²) in [6, 6.07) is 0. The Morgan fingerprint density at radius 1 is 1.42 bits per heavy atom. The number of carbonyl (C=O) groups is 2. The number of nitrogens with zero attached hydrogens (tertiary/aromatic N) is 2. The fourth-order valence-corrected chi connectivity index (χ4v) is 2.22. The Bertz CT molecular complexity index is 487. The third-order valence-corrected chi connectivity index (χ3v) is 3.67. The van der Waals surface area contributed by atoms with E-state index >= 15 is 0 Å². The van der Waals surface area contributed by atoms with Gasteiger partial charge in [-0.25, -0.2) is 4.79 Å². The highest BCUT2D eigenvalue weighted by molar-refractivity contribution is 5.92. The molecule has 6 nitrogen and oxygen atoms in total. The second-order valence-electron chi connectivity index (χ2n) is 5.51. The molecule has 104 valence electrons. The van der Waals surface area contributed by atoms with Crippen LogP contribution in [0.3, 0.4) is 0 Å². The van der Waals surface area contributed by atoms with Gasteiger partial charge < -0.3 is 10.4 Å². The van der Waals surface area contributed by atoms with Crippen molar-refractivity contribution in [3.8, 4) is 0 Å². The first-order valence-corrected chi connectivity index (χ1v) is 6.50. The molecule has 1 saturated carbocycles. The molecule has 0 aromatic carbocycles. The second-order valence-corrected chi connectivity index (χ2v) is 5.51. The number of aromatic nitrogens is 2. The van der Waals surface area contributed by atoms with Crippen LogP contribution in [0.25, 0.3) is 0 Å². The van der Waals surface area contributed by atoms with Crippen molar-refractivity contribution in [2.75, 3.05) is 5.32 Å². The zero-order chi connectivity index (χ0) is 14.0. The highest BCUT2D eigenvalue weighted by atomic mass is 16.4. The minimum absolute atomic E-state index is 0.00480. The maximum atomic E-state index is 11.9. The Balaban J connectivity index is 2.05. The molecule has 1 aromatic heterocycles. The summed E-state index contributed by atoms with van der Waals surface area (Å²) in [6.45, 7) is 3.12. The van der Waals surface area contributed by atoms with Crippen molar-refractivity contribution in [3.63, 3.8) is 0 Å². The highest BCUT2D eigenvalue weighted by Crippen LogP contribution is 2.26. The first-order chi connectivity index (χ1) is 8.91. The van der Waals surface area contributed by atoms with Crippen LogP contribution in [0.15, 0.2) is 12.4 Å². The van der Waals surface area contributed by atoms with E-state index in [-0.39, 0.29) is 11.8 Å². The molecule has 1 aromatic rings. The maximum Gasteiger partial charge on any atom is 0.331 e. The quantitative estimate of drug-likeness (QED) is 0.869. The van der Waals surface area contributed by atoms with Crippen LogP contribution in [0.1, 0.15) is 39.5 Å². The summed E-state index contributed by atoms with van der Waals surface area (Å²) in [5.41, 5.74) is -0.581. The number of carboxylic acid groups (broad SMARTS) is 1. The van der Waals surface area contributed by atoms with E-state index in [4.69, 9.17) is 5.11 Å². The molecule has 6 heteroatoms. The van der Waals surface area contributed by atoms with E-state index in [0.717, 1.165) is 25.7 Å². The fraction of sp³-hybridized carbons (Fsp3) is 0.615. The van der Waals surface area contributed by atoms with Gasteiger partial charge in [-0.3, -0.25) is 9.48 Å². The third-order valence-electron chi connectivity index (χ3n) is 3.67. The van der Waals surface area contributed by atoms with Gasteiger partial charge in [0.1, 0.15) is 0 Å². The van der Waals surface area contributed by atoms with E-state index in [1.807, 2.05) is 0 Å². The molecule has 1 fully saturated rings. The molecule has 0 saturated heterocycles. The predicted octanol–water partition coefficient (Wildman–Crippen LogP) is 1.83. The fourth-order valence-electron chi connectivity index (χ4n) is 2.22. The number of aliphatic carboxylic acids is 1. The van der Waals surface area contributed by atoms with Crippen LogP contribution >= 0.6 is 0 Å². The van der Waals surface area contributed by atoms with Crippen molar-refractivity contribution < 1.29 is 14.7 Å². The Labute approximate surface area is 111 Å². The lowest BCUT2D eigenvalue weighted by Gasteiger charge is -2.19. The number of hydrogen-bond acceptors (Lipinski definition) is 3. The Morgan fingerprint density at radius 2 is 2.05 bits per heavy atom. The average molecular weight is 265 g/mol. The first kappa shape index (κ1) is 13.6. The van der Waals surface area contributed by atoms with Gasteiger partial charge in [-0.15, -0.1) is 0 Å². The molecular weight excluding hydrogens is 246 g/mol. The molecule has 2 N–H and O–H groups in total. The molecule has 0 spiro atoms. The van der Waals surface area contributed by atoms with Crippen LogP contribution in [-0.4, -0.2) is 26.8 Å². The number of anilines is 1. The van der Waals surface area contributed by atoms with Gasteiger partial charge in [-0.1, -0.05) is 12.8 Å². The number of hydrogen-bond donors (Lipinski definition) is 2. The highest BCUT2D eigenvalue weighted by Gasteiger charge is 2.30. The van der Waals surface area contributed by atoms with Gasteiger partial charge in [0.15, 0.2) is 5.54 Å². The lowest BCUT2D eigenvalue weighted by Crippen LogP contribution is -2.35. The van der Waals surface area contributed by atoms with Crippen LogP contribution in [-0.2, 0) is 15.1 Å². The maximum absolute atomic E-state index is 11.9. The zero-order valence-corrected chi connectivity index (χ0v) is 11.2. The minimum atomic E-state index is -1.13. The van der Waals surface area contributed by atoms with Crippen molar-refractivity contribution >= 4 is 17.6 Å². The Kier molecular flexibility index (Phi) is 3.59. The zero-order valence-electron chi connectivity index (χ0n) is 11.2. The van der Waals surface area contributed by atoms with Crippen LogP contribution in [0.4, 0.5) is 5.69 Å². The minimum Gasteiger partial charge on any atom is -0.479 e. The summed E-state index contributed by atoms with van der Waals surface area (Å²) in [7, 11) is 0. The van der Waals surface area contributed by atoms with Crippen LogP contribution in [0.2, 0.25) is 0 Å². The van der Waals surface area contributed by atoms with Crippen molar-refractivity contribution in [2.45, 2.75) is 45.1 Å². The summed E-state index contributed by atoms with van der Waals surface area (Å²) in [6.07, 6.45) is 7.10. The van der Waals surface area contributed by atoms with Gasteiger partial charge in [0.2, 0.25) is 5.91 Å². The van der Waals surface area contributed by atoms with E-state index in [0.29, 0.717) is 5.69 Å². The van der Waals surface area contributed by atoms with Crippen molar-refractivity contribution in [1.82, 2.24) is 9.78 Å². The molecule has 0 aliphatic heterocycles. The molecule has 1 heterocycles. The van der Waals surface area contributed by atoms with Gasteiger partial charge in [0, 0.05) is 12.1 Å². The number of amides is 1. The normalized spacial score (nSPS) is 16.5. The van der Waals surface area contributed by atoms with Crippen LogP contribution in [0.5, 0.6) is 0 Å². The molecule has 1 aliphatic carbocycles. The van der Waals surface area contributed by atoms with E-state index in [1.165, 1.54) is 10.9 Å². The smallest absolute Gasteiger partial charge is 0.331 e. The van der Waals surface area contributed by atoms with E-state index in [1.54, 1.807) is 20.0 Å². The van der Waals surface area contributed by atoms with Gasteiger partial charge in [0.05, 0.1) is 11.9 Å². The summed E-state index contributed by atoms with van der Waals surface area (Å²) >= 11 is 0. The SMILES string of the molecule is CC(C)(C(=O)O)n1cc(NC(=O)C2CCCC2)cn1. The molecule has 1 amide bonds. The van der Waals surface area contributed by atoms with Gasteiger partial charge in [-0.05, 0) is 26.7 Å². The summed E-state index contributed by atoms with van der Waals surface area (Å²) in [5.74, 6) is -0.884. The first-order valence-electron chi connectivity index (χ1n) is 6.50. The third kappa shape index (κ3) is 2.77. The Hall–Kier alpha value is -1.85. The molecule has 1 aliphatic rings. The molecule has 0 bridgehead atoms. The number of rotatable bonds is 4. The van der Waals surface area contributed by atoms with E-state index < -0.39 is 11.5 Å². The summed E-state index contributed by atoms with van der Waals surface area (Å²) < 4.78 is 1.35. The van der Waals surface area contributed by atoms with Crippen molar-refractivity contribution in [1.29, 1.82) is 0 Å². The number of carbonyl (C=O) groups excluding carboxylic acids is 1. The standard InChI is InChI=1S/C13H19N3O3/c1-13(2,12(18)19)16-8-10(7-14-16)15-11(17)9-5-3-4-6-9/h7-9H,3-6H2,1-2H3,(H,15,17)(H,18,19).